The Morgan fingerprint density at radius 2 is 0.766 bits per heavy atom. The second-order valence-corrected chi connectivity index (χ2v) is 21.2. The lowest BCUT2D eigenvalue weighted by Gasteiger charge is -2.45. The number of pyridine rings is 2. The molecule has 0 saturated carbocycles. The molecule has 1 unspecified atom stereocenters. The Kier molecular flexibility index (Phi) is 7.94. The number of hydrogen-bond acceptors (Lipinski definition) is 3. The molecule has 77 heavy (non-hydrogen) atoms. The zero-order chi connectivity index (χ0) is 50.1. The topological polar surface area (TPSA) is 38.9 Å². The molecule has 0 N–H and O–H groups in total. The van der Waals surface area contributed by atoms with Gasteiger partial charge in [0.05, 0.1) is 67.5 Å². The molecule has 5 heteroatoms. The van der Waals surface area contributed by atoms with Gasteiger partial charge >= 0.3 is 0 Å². The average Bonchev–Trinajstić information content (AvgIpc) is 4.37. The molecule has 1 aliphatic heterocycles. The number of rotatable bonds is 3. The Morgan fingerprint density at radius 3 is 1.42 bits per heavy atom. The van der Waals surface area contributed by atoms with Crippen molar-refractivity contribution < 1.29 is 0 Å². The molecular weight excluding hydrogens is 935 g/mol. The van der Waals surface area contributed by atoms with Crippen molar-refractivity contribution in [3.8, 4) is 45.0 Å². The van der Waals surface area contributed by atoms with Crippen molar-refractivity contribution in [2.45, 2.75) is 10.8 Å². The molecule has 4 aromatic heterocycles. The van der Waals surface area contributed by atoms with E-state index in [0.717, 1.165) is 62.0 Å². The van der Waals surface area contributed by atoms with E-state index in [2.05, 4.69) is 269 Å². The standard InChI is InChI=1S/C72H43N5/c1-3-20-44(21-4-1)75-63-34-16-10-27-50(63)53-41-67-54(40-66(53)75)51-28-11-17-35-64(51)77(67)46-38-62-70(74-43-46)69-59(33-19-37-73-69)72(62)58-32-15-18-36-65(58)76(45-22-5-2-6-23-45)68-42-60-52(39-61(68)72)49-26-9-14-31-57(49)71(60)55-29-12-7-24-47(55)48-25-8-13-30-56(48)71/h1-43H. The summed E-state index contributed by atoms with van der Waals surface area (Å²) >= 11 is 0. The van der Waals surface area contributed by atoms with Gasteiger partial charge in [0.2, 0.25) is 0 Å². The zero-order valence-corrected chi connectivity index (χ0v) is 41.6. The van der Waals surface area contributed by atoms with Crippen molar-refractivity contribution in [2.75, 3.05) is 4.90 Å². The molecule has 356 valence electrons. The molecule has 0 radical (unpaired) electrons. The van der Waals surface area contributed by atoms with Crippen LogP contribution in [0.4, 0.5) is 17.1 Å². The van der Waals surface area contributed by atoms with Crippen molar-refractivity contribution in [3.63, 3.8) is 0 Å². The van der Waals surface area contributed by atoms with E-state index in [4.69, 9.17) is 9.97 Å². The number of fused-ring (bicyclic) bond motifs is 25. The molecule has 10 aromatic carbocycles. The monoisotopic (exact) mass is 977 g/mol. The molecule has 18 rings (SSSR count). The van der Waals surface area contributed by atoms with Gasteiger partial charge in [-0.25, -0.2) is 0 Å². The van der Waals surface area contributed by atoms with Crippen LogP contribution in [0.25, 0.3) is 88.6 Å². The van der Waals surface area contributed by atoms with E-state index in [1.165, 1.54) is 88.2 Å². The Balaban J connectivity index is 0.961. The maximum atomic E-state index is 5.61. The highest BCUT2D eigenvalue weighted by molar-refractivity contribution is 6.19. The molecule has 0 saturated heterocycles. The Labute approximate surface area is 443 Å². The first-order valence-corrected chi connectivity index (χ1v) is 26.6. The van der Waals surface area contributed by atoms with Gasteiger partial charge in [-0.15, -0.1) is 0 Å². The van der Waals surface area contributed by atoms with Crippen molar-refractivity contribution >= 4 is 60.7 Å². The summed E-state index contributed by atoms with van der Waals surface area (Å²) in [6, 6.07) is 92.7. The fourth-order valence-corrected chi connectivity index (χ4v) is 15.0. The number of para-hydroxylation sites is 5. The molecule has 0 bridgehead atoms. The van der Waals surface area contributed by atoms with Crippen LogP contribution in [-0.2, 0) is 10.8 Å². The highest BCUT2D eigenvalue weighted by atomic mass is 15.2. The van der Waals surface area contributed by atoms with Crippen LogP contribution in [0.3, 0.4) is 0 Å². The van der Waals surface area contributed by atoms with Gasteiger partial charge in [0.25, 0.3) is 0 Å². The molecule has 0 fully saturated rings. The van der Waals surface area contributed by atoms with Gasteiger partial charge in [-0.1, -0.05) is 170 Å². The molecule has 1 atom stereocenters. The van der Waals surface area contributed by atoms with Crippen molar-refractivity contribution in [3.05, 3.63) is 306 Å². The van der Waals surface area contributed by atoms with E-state index < -0.39 is 10.8 Å². The second kappa shape index (κ2) is 14.8. The van der Waals surface area contributed by atoms with Crippen molar-refractivity contribution in [1.29, 1.82) is 0 Å². The lowest BCUT2D eigenvalue weighted by Crippen LogP contribution is -2.37. The molecule has 5 heterocycles. The number of hydrogen-bond donors (Lipinski definition) is 0. The number of aromatic nitrogens is 4. The van der Waals surface area contributed by atoms with Crippen molar-refractivity contribution in [2.24, 2.45) is 0 Å². The van der Waals surface area contributed by atoms with Gasteiger partial charge in [-0.2, -0.15) is 0 Å². The molecule has 4 aliphatic rings. The SMILES string of the molecule is c1ccc(N2c3ccccc3C3(c4cc5c(cc42)C2(c4ccccc4-c4ccccc42)c2ccccc2-5)c2cccnc2-c2ncc(-n4c5ccccc5c5cc6c(cc54)c4ccccc4n6-c4ccccc4)cc23)cc1. The maximum Gasteiger partial charge on any atom is 0.0939 e. The first-order valence-electron chi connectivity index (χ1n) is 26.6. The summed E-state index contributed by atoms with van der Waals surface area (Å²) in [5, 5.41) is 4.81. The smallest absolute Gasteiger partial charge is 0.0939 e. The lowest BCUT2D eigenvalue weighted by atomic mass is 9.63. The van der Waals surface area contributed by atoms with Crippen LogP contribution in [0.15, 0.2) is 261 Å². The minimum absolute atomic E-state index is 0.530. The molecule has 5 nitrogen and oxygen atoms in total. The summed E-state index contributed by atoms with van der Waals surface area (Å²) in [4.78, 5) is 13.4. The third-order valence-corrected chi connectivity index (χ3v) is 17.8. The van der Waals surface area contributed by atoms with Gasteiger partial charge < -0.3 is 14.0 Å². The number of anilines is 3. The van der Waals surface area contributed by atoms with E-state index in [1.807, 2.05) is 6.20 Å². The maximum absolute atomic E-state index is 5.61. The first kappa shape index (κ1) is 41.3. The van der Waals surface area contributed by atoms with Crippen LogP contribution < -0.4 is 4.90 Å². The minimum atomic E-state index is -0.820. The van der Waals surface area contributed by atoms with Crippen LogP contribution in [0.2, 0.25) is 0 Å². The Bertz CT molecular complexity index is 4840. The summed E-state index contributed by atoms with van der Waals surface area (Å²) in [7, 11) is 0. The molecular formula is C72H43N5. The Hall–Kier alpha value is -10.1. The minimum Gasteiger partial charge on any atom is -0.310 e. The first-order chi connectivity index (χ1) is 38.2. The summed E-state index contributed by atoms with van der Waals surface area (Å²) in [5.74, 6) is 0. The van der Waals surface area contributed by atoms with Crippen molar-refractivity contribution in [1.82, 2.24) is 19.1 Å². The van der Waals surface area contributed by atoms with Crippen LogP contribution in [0.1, 0.15) is 44.5 Å². The summed E-state index contributed by atoms with van der Waals surface area (Å²) in [6.07, 6.45) is 4.02. The largest absolute Gasteiger partial charge is 0.310 e. The summed E-state index contributed by atoms with van der Waals surface area (Å²) in [6.45, 7) is 0. The normalized spacial score (nSPS) is 15.7. The highest BCUT2D eigenvalue weighted by Gasteiger charge is 2.57. The molecule has 3 aliphatic carbocycles. The second-order valence-electron chi connectivity index (χ2n) is 21.2. The quantitative estimate of drug-likeness (QED) is 0.177. The zero-order valence-electron chi connectivity index (χ0n) is 41.6. The van der Waals surface area contributed by atoms with E-state index >= 15 is 0 Å². The predicted molar refractivity (Wildman–Crippen MR) is 313 cm³/mol. The van der Waals surface area contributed by atoms with Gasteiger partial charge in [-0.3, -0.25) is 9.97 Å². The summed E-state index contributed by atoms with van der Waals surface area (Å²) < 4.78 is 4.87. The number of benzene rings is 10. The fourth-order valence-electron chi connectivity index (χ4n) is 15.0. The Morgan fingerprint density at radius 1 is 0.273 bits per heavy atom. The van der Waals surface area contributed by atoms with E-state index in [9.17, 15) is 0 Å². The van der Waals surface area contributed by atoms with Crippen LogP contribution >= 0.6 is 0 Å². The molecule has 14 aromatic rings. The van der Waals surface area contributed by atoms with Crippen LogP contribution in [0.5, 0.6) is 0 Å². The van der Waals surface area contributed by atoms with Crippen LogP contribution in [0, 0.1) is 0 Å². The van der Waals surface area contributed by atoms with E-state index in [-0.39, 0.29) is 0 Å². The third kappa shape index (κ3) is 5.00. The van der Waals surface area contributed by atoms with Crippen LogP contribution in [-0.4, -0.2) is 19.1 Å². The van der Waals surface area contributed by atoms with E-state index in [1.54, 1.807) is 0 Å². The van der Waals surface area contributed by atoms with E-state index in [0.29, 0.717) is 0 Å². The lowest BCUT2D eigenvalue weighted by molar-refractivity contribution is 0.743. The summed E-state index contributed by atoms with van der Waals surface area (Å²) in [5.41, 5.74) is 25.6. The highest BCUT2D eigenvalue weighted by Crippen LogP contribution is 2.68. The third-order valence-electron chi connectivity index (χ3n) is 17.8. The van der Waals surface area contributed by atoms with Gasteiger partial charge in [-0.05, 0) is 140 Å². The van der Waals surface area contributed by atoms with Gasteiger partial charge in [0, 0.05) is 44.7 Å². The molecule has 2 spiro atoms. The fraction of sp³-hybridized carbons (Fsp3) is 0.0278. The van der Waals surface area contributed by atoms with Gasteiger partial charge in [0.1, 0.15) is 0 Å². The number of nitrogens with zero attached hydrogens (tertiary/aromatic N) is 5. The van der Waals surface area contributed by atoms with Gasteiger partial charge in [0.15, 0.2) is 0 Å². The average molecular weight is 978 g/mol. The predicted octanol–water partition coefficient (Wildman–Crippen LogP) is 17.2. The molecule has 0 amide bonds.